The summed E-state index contributed by atoms with van der Waals surface area (Å²) in [5, 5.41) is 16.0. The van der Waals surface area contributed by atoms with Crippen molar-refractivity contribution in [3.8, 4) is 22.6 Å². The van der Waals surface area contributed by atoms with E-state index < -0.39 is 0 Å². The van der Waals surface area contributed by atoms with E-state index in [1.54, 1.807) is 24.5 Å². The van der Waals surface area contributed by atoms with Crippen molar-refractivity contribution >= 4 is 10.8 Å². The molecular formula is C18H13N3O. The fourth-order valence-corrected chi connectivity index (χ4v) is 2.52. The summed E-state index contributed by atoms with van der Waals surface area (Å²) in [5.74, 6) is 0.277. The summed E-state index contributed by atoms with van der Waals surface area (Å²) in [4.78, 5) is 4.03. The van der Waals surface area contributed by atoms with E-state index in [0.717, 1.165) is 27.6 Å². The summed E-state index contributed by atoms with van der Waals surface area (Å²) in [7, 11) is 0. The van der Waals surface area contributed by atoms with Crippen LogP contribution in [0.3, 0.4) is 0 Å². The maximum atomic E-state index is 9.52. The van der Waals surface area contributed by atoms with Crippen molar-refractivity contribution in [2.45, 2.75) is 0 Å². The number of hydrogen-bond acceptors (Lipinski definition) is 3. The first-order valence-electron chi connectivity index (χ1n) is 6.98. The van der Waals surface area contributed by atoms with E-state index in [0.29, 0.717) is 0 Å². The molecule has 2 aromatic heterocycles. The average molecular weight is 287 g/mol. The van der Waals surface area contributed by atoms with Crippen molar-refractivity contribution in [1.29, 1.82) is 0 Å². The van der Waals surface area contributed by atoms with Crippen LogP contribution in [0, 0.1) is 0 Å². The molecule has 106 valence electrons. The van der Waals surface area contributed by atoms with Gasteiger partial charge in [-0.15, -0.1) is 0 Å². The van der Waals surface area contributed by atoms with E-state index in [4.69, 9.17) is 0 Å². The Morgan fingerprint density at radius 3 is 2.45 bits per heavy atom. The standard InChI is InChI=1S/C18H13N3O/c22-18-4-2-14-9-17(3-1-15(14)10-18)21-12-16(11-20-21)13-5-7-19-8-6-13/h1-12,22H. The number of pyridine rings is 1. The van der Waals surface area contributed by atoms with Crippen molar-refractivity contribution in [2.24, 2.45) is 0 Å². The highest BCUT2D eigenvalue weighted by Crippen LogP contribution is 2.24. The minimum atomic E-state index is 0.277. The Hall–Kier alpha value is -3.14. The molecule has 4 nitrogen and oxygen atoms in total. The van der Waals surface area contributed by atoms with Gasteiger partial charge in [0.2, 0.25) is 0 Å². The summed E-state index contributed by atoms with van der Waals surface area (Å²) in [6.07, 6.45) is 7.39. The van der Waals surface area contributed by atoms with Crippen LogP contribution in [-0.2, 0) is 0 Å². The lowest BCUT2D eigenvalue weighted by Gasteiger charge is -2.04. The molecule has 0 saturated heterocycles. The first-order valence-corrected chi connectivity index (χ1v) is 6.98. The minimum Gasteiger partial charge on any atom is -0.508 e. The third kappa shape index (κ3) is 2.20. The number of benzene rings is 2. The molecule has 0 aliphatic rings. The van der Waals surface area contributed by atoms with E-state index in [1.165, 1.54) is 0 Å². The highest BCUT2D eigenvalue weighted by Gasteiger charge is 2.04. The number of phenols is 1. The van der Waals surface area contributed by atoms with E-state index in [-0.39, 0.29) is 5.75 Å². The summed E-state index contributed by atoms with van der Waals surface area (Å²) in [5.41, 5.74) is 3.12. The Labute approximate surface area is 127 Å². The van der Waals surface area contributed by atoms with Gasteiger partial charge >= 0.3 is 0 Å². The predicted molar refractivity (Wildman–Crippen MR) is 86.0 cm³/mol. The Balaban J connectivity index is 1.76. The molecule has 0 atom stereocenters. The molecule has 0 aliphatic heterocycles. The molecule has 4 rings (SSSR count). The first-order chi connectivity index (χ1) is 10.8. The van der Waals surface area contributed by atoms with Gasteiger partial charge in [-0.3, -0.25) is 4.98 Å². The Morgan fingerprint density at radius 2 is 1.59 bits per heavy atom. The summed E-state index contributed by atoms with van der Waals surface area (Å²) >= 11 is 0. The lowest BCUT2D eigenvalue weighted by Crippen LogP contribution is -1.93. The summed E-state index contributed by atoms with van der Waals surface area (Å²) in [6, 6.07) is 15.3. The monoisotopic (exact) mass is 287 g/mol. The number of fused-ring (bicyclic) bond motifs is 1. The number of phenolic OH excluding ortho intramolecular Hbond substituents is 1. The van der Waals surface area contributed by atoms with Gasteiger partial charge in [0.05, 0.1) is 11.9 Å². The Morgan fingerprint density at radius 1 is 0.818 bits per heavy atom. The number of hydrogen-bond donors (Lipinski definition) is 1. The molecular weight excluding hydrogens is 274 g/mol. The molecule has 0 bridgehead atoms. The number of aromatic nitrogens is 3. The predicted octanol–water partition coefficient (Wildman–Crippen LogP) is 3.79. The Bertz CT molecular complexity index is 945. The number of aromatic hydroxyl groups is 1. The van der Waals surface area contributed by atoms with Gasteiger partial charge in [-0.2, -0.15) is 5.10 Å². The molecule has 0 saturated carbocycles. The van der Waals surface area contributed by atoms with Crippen molar-refractivity contribution in [1.82, 2.24) is 14.8 Å². The molecule has 1 N–H and O–H groups in total. The van der Waals surface area contributed by atoms with E-state index in [2.05, 4.69) is 16.1 Å². The zero-order valence-electron chi connectivity index (χ0n) is 11.7. The van der Waals surface area contributed by atoms with Gasteiger partial charge in [-0.25, -0.2) is 4.68 Å². The van der Waals surface area contributed by atoms with E-state index in [1.807, 2.05) is 47.4 Å². The topological polar surface area (TPSA) is 50.9 Å². The quantitative estimate of drug-likeness (QED) is 0.610. The van der Waals surface area contributed by atoms with Crippen LogP contribution < -0.4 is 0 Å². The average Bonchev–Trinajstić information content (AvgIpc) is 3.05. The molecule has 0 unspecified atom stereocenters. The molecule has 0 fully saturated rings. The Kier molecular flexibility index (Phi) is 2.86. The van der Waals surface area contributed by atoms with Gasteiger partial charge in [0.25, 0.3) is 0 Å². The van der Waals surface area contributed by atoms with Gasteiger partial charge in [0.1, 0.15) is 5.75 Å². The zero-order chi connectivity index (χ0) is 14.9. The van der Waals surface area contributed by atoms with Gasteiger partial charge in [0, 0.05) is 24.2 Å². The number of rotatable bonds is 2. The maximum absolute atomic E-state index is 9.52. The molecule has 0 spiro atoms. The highest BCUT2D eigenvalue weighted by molar-refractivity contribution is 5.85. The minimum absolute atomic E-state index is 0.277. The van der Waals surface area contributed by atoms with Crippen LogP contribution >= 0.6 is 0 Å². The van der Waals surface area contributed by atoms with Gasteiger partial charge < -0.3 is 5.11 Å². The summed E-state index contributed by atoms with van der Waals surface area (Å²) in [6.45, 7) is 0. The smallest absolute Gasteiger partial charge is 0.116 e. The lowest BCUT2D eigenvalue weighted by atomic mass is 10.1. The lowest BCUT2D eigenvalue weighted by molar-refractivity contribution is 0.476. The van der Waals surface area contributed by atoms with Crippen LogP contribution in [0.1, 0.15) is 0 Å². The second kappa shape index (κ2) is 5.00. The van der Waals surface area contributed by atoms with Crippen molar-refractivity contribution in [3.63, 3.8) is 0 Å². The van der Waals surface area contributed by atoms with Crippen LogP contribution in [-0.4, -0.2) is 19.9 Å². The normalized spacial score (nSPS) is 10.9. The summed E-state index contributed by atoms with van der Waals surface area (Å²) < 4.78 is 1.85. The van der Waals surface area contributed by atoms with Crippen LogP contribution in [0.2, 0.25) is 0 Å². The molecule has 0 aliphatic carbocycles. The van der Waals surface area contributed by atoms with Crippen LogP contribution in [0.25, 0.3) is 27.6 Å². The van der Waals surface area contributed by atoms with Crippen LogP contribution in [0.5, 0.6) is 5.75 Å². The van der Waals surface area contributed by atoms with E-state index in [9.17, 15) is 5.11 Å². The third-order valence-corrected chi connectivity index (χ3v) is 3.67. The first kappa shape index (κ1) is 12.6. The molecule has 0 amide bonds. The molecule has 0 radical (unpaired) electrons. The fraction of sp³-hybridized carbons (Fsp3) is 0. The molecule has 4 heteroatoms. The molecule has 2 aromatic carbocycles. The zero-order valence-corrected chi connectivity index (χ0v) is 11.7. The van der Waals surface area contributed by atoms with Crippen LogP contribution in [0.4, 0.5) is 0 Å². The molecule has 2 heterocycles. The van der Waals surface area contributed by atoms with Gasteiger partial charge in [-0.05, 0) is 52.7 Å². The largest absolute Gasteiger partial charge is 0.508 e. The van der Waals surface area contributed by atoms with Crippen molar-refractivity contribution in [2.75, 3.05) is 0 Å². The van der Waals surface area contributed by atoms with Crippen molar-refractivity contribution < 1.29 is 5.11 Å². The second-order valence-corrected chi connectivity index (χ2v) is 5.13. The second-order valence-electron chi connectivity index (χ2n) is 5.13. The molecule has 4 aromatic rings. The third-order valence-electron chi connectivity index (χ3n) is 3.67. The highest BCUT2D eigenvalue weighted by atomic mass is 16.3. The van der Waals surface area contributed by atoms with E-state index >= 15 is 0 Å². The SMILES string of the molecule is Oc1ccc2cc(-n3cc(-c4ccncc4)cn3)ccc2c1. The molecule has 22 heavy (non-hydrogen) atoms. The maximum Gasteiger partial charge on any atom is 0.116 e. The van der Waals surface area contributed by atoms with Gasteiger partial charge in [0.15, 0.2) is 0 Å². The van der Waals surface area contributed by atoms with Crippen molar-refractivity contribution in [3.05, 3.63) is 73.3 Å². The number of nitrogens with zero attached hydrogens (tertiary/aromatic N) is 3. The van der Waals surface area contributed by atoms with Crippen LogP contribution in [0.15, 0.2) is 73.3 Å². The fourth-order valence-electron chi connectivity index (χ4n) is 2.52. The van der Waals surface area contributed by atoms with Gasteiger partial charge in [-0.1, -0.05) is 12.1 Å².